The summed E-state index contributed by atoms with van der Waals surface area (Å²) in [5.74, 6) is -0.407. The third-order valence-electron chi connectivity index (χ3n) is 4.45. The molecule has 0 unspecified atom stereocenters. The molecule has 1 heterocycles. The molecule has 3 aromatic rings. The summed E-state index contributed by atoms with van der Waals surface area (Å²) in [6.07, 6.45) is 2.03. The summed E-state index contributed by atoms with van der Waals surface area (Å²) in [5, 5.41) is 0. The average molecular weight is 435 g/mol. The number of amides is 1. The summed E-state index contributed by atoms with van der Waals surface area (Å²) in [4.78, 5) is 17.3. The molecule has 1 amide bonds. The molecule has 0 bridgehead atoms. The highest BCUT2D eigenvalue weighted by Crippen LogP contribution is 2.22. The minimum atomic E-state index is -3.70. The van der Waals surface area contributed by atoms with Crippen molar-refractivity contribution < 1.29 is 13.2 Å². The Morgan fingerprint density at radius 3 is 2.50 bits per heavy atom. The SMILES string of the molecule is CSCCn1c(=NC(=O)CS(=O)(=O)c2ccccc2)sc2cc(C)c(C)cc21. The van der Waals surface area contributed by atoms with E-state index in [0.29, 0.717) is 11.3 Å². The maximum Gasteiger partial charge on any atom is 0.263 e. The predicted molar refractivity (Wildman–Crippen MR) is 117 cm³/mol. The molecule has 0 aliphatic carbocycles. The first-order valence-electron chi connectivity index (χ1n) is 8.77. The minimum absolute atomic E-state index is 0.136. The number of aryl methyl sites for hydroxylation is 3. The highest BCUT2D eigenvalue weighted by molar-refractivity contribution is 7.98. The topological polar surface area (TPSA) is 68.5 Å². The number of thiazole rings is 1. The van der Waals surface area contributed by atoms with E-state index in [1.807, 2.05) is 10.8 Å². The highest BCUT2D eigenvalue weighted by Gasteiger charge is 2.19. The first kappa shape index (κ1) is 20.8. The van der Waals surface area contributed by atoms with Gasteiger partial charge in [0.05, 0.1) is 15.1 Å². The molecule has 0 spiro atoms. The molecule has 0 fully saturated rings. The van der Waals surface area contributed by atoms with Crippen LogP contribution < -0.4 is 4.80 Å². The number of carbonyl (C=O) groups is 1. The summed E-state index contributed by atoms with van der Waals surface area (Å²) < 4.78 is 28.0. The fraction of sp³-hybridized carbons (Fsp3) is 0.300. The van der Waals surface area contributed by atoms with Gasteiger partial charge < -0.3 is 4.57 Å². The van der Waals surface area contributed by atoms with Crippen molar-refractivity contribution in [1.29, 1.82) is 0 Å². The number of rotatable bonds is 6. The van der Waals surface area contributed by atoms with E-state index in [1.54, 1.807) is 30.0 Å². The van der Waals surface area contributed by atoms with Gasteiger partial charge in [0, 0.05) is 12.3 Å². The van der Waals surface area contributed by atoms with E-state index in [-0.39, 0.29) is 4.90 Å². The number of benzene rings is 2. The van der Waals surface area contributed by atoms with Crippen molar-refractivity contribution in [1.82, 2.24) is 4.57 Å². The summed E-state index contributed by atoms with van der Waals surface area (Å²) >= 11 is 3.13. The van der Waals surface area contributed by atoms with Crippen molar-refractivity contribution in [2.75, 3.05) is 17.8 Å². The van der Waals surface area contributed by atoms with Crippen LogP contribution in [0.5, 0.6) is 0 Å². The molecule has 0 saturated carbocycles. The van der Waals surface area contributed by atoms with Crippen LogP contribution in [0.4, 0.5) is 0 Å². The fourth-order valence-electron chi connectivity index (χ4n) is 2.82. The zero-order valence-electron chi connectivity index (χ0n) is 16.0. The maximum absolute atomic E-state index is 12.5. The van der Waals surface area contributed by atoms with Gasteiger partial charge in [0.15, 0.2) is 14.6 Å². The van der Waals surface area contributed by atoms with Crippen molar-refractivity contribution in [2.45, 2.75) is 25.3 Å². The molecular weight excluding hydrogens is 412 g/mol. The molecule has 0 atom stereocenters. The van der Waals surface area contributed by atoms with Gasteiger partial charge in [0.2, 0.25) is 0 Å². The lowest BCUT2D eigenvalue weighted by Crippen LogP contribution is -2.21. The third kappa shape index (κ3) is 4.56. The van der Waals surface area contributed by atoms with Crippen LogP contribution in [0.1, 0.15) is 11.1 Å². The molecule has 28 heavy (non-hydrogen) atoms. The first-order chi connectivity index (χ1) is 13.3. The molecule has 0 saturated heterocycles. The molecule has 8 heteroatoms. The number of hydrogen-bond acceptors (Lipinski definition) is 5. The Labute approximate surface area is 173 Å². The lowest BCUT2D eigenvalue weighted by molar-refractivity contribution is -0.115. The Balaban J connectivity index is 2.01. The molecule has 3 rings (SSSR count). The summed E-state index contributed by atoms with van der Waals surface area (Å²) in [5.41, 5.74) is 3.38. The highest BCUT2D eigenvalue weighted by atomic mass is 32.2. The van der Waals surface area contributed by atoms with Gasteiger partial charge in [-0.15, -0.1) is 0 Å². The van der Waals surface area contributed by atoms with Crippen molar-refractivity contribution in [3.8, 4) is 0 Å². The molecule has 1 aromatic heterocycles. The van der Waals surface area contributed by atoms with Gasteiger partial charge in [-0.2, -0.15) is 16.8 Å². The second-order valence-corrected chi connectivity index (χ2v) is 10.5. The molecule has 0 radical (unpaired) electrons. The lowest BCUT2D eigenvalue weighted by Gasteiger charge is -2.06. The number of nitrogens with zero attached hydrogens (tertiary/aromatic N) is 2. The molecule has 0 aliphatic rings. The molecule has 5 nitrogen and oxygen atoms in total. The van der Waals surface area contributed by atoms with E-state index in [0.717, 1.165) is 16.0 Å². The monoisotopic (exact) mass is 434 g/mol. The van der Waals surface area contributed by atoms with Crippen LogP contribution in [-0.4, -0.2) is 36.7 Å². The lowest BCUT2D eigenvalue weighted by atomic mass is 10.1. The number of carbonyl (C=O) groups excluding carboxylic acids is 1. The molecular formula is C20H22N2O3S3. The van der Waals surface area contributed by atoms with Crippen LogP contribution in [-0.2, 0) is 21.2 Å². The zero-order valence-corrected chi connectivity index (χ0v) is 18.5. The Morgan fingerprint density at radius 2 is 1.82 bits per heavy atom. The van der Waals surface area contributed by atoms with E-state index in [1.165, 1.54) is 34.6 Å². The van der Waals surface area contributed by atoms with Crippen molar-refractivity contribution in [3.63, 3.8) is 0 Å². The van der Waals surface area contributed by atoms with Gasteiger partial charge in [0.25, 0.3) is 5.91 Å². The second-order valence-electron chi connectivity index (χ2n) is 6.51. The summed E-state index contributed by atoms with van der Waals surface area (Å²) in [6.45, 7) is 4.82. The van der Waals surface area contributed by atoms with Gasteiger partial charge in [-0.3, -0.25) is 4.79 Å². The van der Waals surface area contributed by atoms with Crippen molar-refractivity contribution in [3.05, 3.63) is 58.4 Å². The van der Waals surface area contributed by atoms with Crippen molar-refractivity contribution >= 4 is 49.1 Å². The second kappa shape index (κ2) is 8.63. The number of aromatic nitrogens is 1. The summed E-state index contributed by atoms with van der Waals surface area (Å²) in [6, 6.07) is 12.2. The Hall–Kier alpha value is -1.90. The van der Waals surface area contributed by atoms with Crippen molar-refractivity contribution in [2.24, 2.45) is 4.99 Å². The van der Waals surface area contributed by atoms with Crippen LogP contribution in [0, 0.1) is 13.8 Å². The normalized spacial score (nSPS) is 12.6. The third-order valence-corrected chi connectivity index (χ3v) is 7.70. The molecule has 0 N–H and O–H groups in total. The molecule has 2 aromatic carbocycles. The van der Waals surface area contributed by atoms with Gasteiger partial charge >= 0.3 is 0 Å². The number of sulfone groups is 1. The van der Waals surface area contributed by atoms with E-state index in [2.05, 4.69) is 31.0 Å². The van der Waals surface area contributed by atoms with Gasteiger partial charge in [-0.1, -0.05) is 29.5 Å². The van der Waals surface area contributed by atoms with Crippen LogP contribution in [0.2, 0.25) is 0 Å². The summed E-state index contributed by atoms with van der Waals surface area (Å²) in [7, 11) is -3.70. The zero-order chi connectivity index (χ0) is 20.3. The van der Waals surface area contributed by atoms with Crippen LogP contribution in [0.15, 0.2) is 52.4 Å². The maximum atomic E-state index is 12.5. The van der Waals surface area contributed by atoms with Crippen LogP contribution >= 0.6 is 23.1 Å². The molecule has 0 aliphatic heterocycles. The van der Waals surface area contributed by atoms with Crippen LogP contribution in [0.3, 0.4) is 0 Å². The van der Waals surface area contributed by atoms with Gasteiger partial charge in [-0.05, 0) is 55.5 Å². The van der Waals surface area contributed by atoms with Gasteiger partial charge in [-0.25, -0.2) is 8.42 Å². The number of hydrogen-bond donors (Lipinski definition) is 0. The van der Waals surface area contributed by atoms with E-state index < -0.39 is 21.5 Å². The van der Waals surface area contributed by atoms with E-state index in [4.69, 9.17) is 0 Å². The van der Waals surface area contributed by atoms with E-state index in [9.17, 15) is 13.2 Å². The van der Waals surface area contributed by atoms with Crippen LogP contribution in [0.25, 0.3) is 10.2 Å². The Bertz CT molecular complexity index is 1180. The largest absolute Gasteiger partial charge is 0.316 e. The standard InChI is InChI=1S/C20H22N2O3S3/c1-14-11-17-18(12-15(14)2)27-20(22(17)9-10-26-3)21-19(23)13-28(24,25)16-7-5-4-6-8-16/h4-8,11-12H,9-10,13H2,1-3H3. The Morgan fingerprint density at radius 1 is 1.14 bits per heavy atom. The Kier molecular flexibility index (Phi) is 6.42. The number of fused-ring (bicyclic) bond motifs is 1. The number of thioether (sulfide) groups is 1. The first-order valence-corrected chi connectivity index (χ1v) is 12.6. The minimum Gasteiger partial charge on any atom is -0.316 e. The average Bonchev–Trinajstić information content (AvgIpc) is 2.96. The van der Waals surface area contributed by atoms with Gasteiger partial charge in [0.1, 0.15) is 5.75 Å². The quantitative estimate of drug-likeness (QED) is 0.595. The predicted octanol–water partition coefficient (Wildman–Crippen LogP) is 3.58. The van der Waals surface area contributed by atoms with E-state index >= 15 is 0 Å². The smallest absolute Gasteiger partial charge is 0.263 e. The molecule has 148 valence electrons. The fourth-order valence-corrected chi connectivity index (χ4v) is 5.46.